The highest BCUT2D eigenvalue weighted by atomic mass is 35.5. The van der Waals surface area contributed by atoms with Crippen LogP contribution >= 0.6 is 35.2 Å². The summed E-state index contributed by atoms with van der Waals surface area (Å²) in [6, 6.07) is 23.4. The number of halogens is 1. The quantitative estimate of drug-likeness (QED) is 0.173. The van der Waals surface area contributed by atoms with Crippen molar-refractivity contribution >= 4 is 68.2 Å². The van der Waals surface area contributed by atoms with E-state index in [-0.39, 0.29) is 11.0 Å². The summed E-state index contributed by atoms with van der Waals surface area (Å²) in [4.78, 5) is 17.1. The third-order valence-corrected chi connectivity index (χ3v) is 7.33. The maximum absolute atomic E-state index is 12.3. The average Bonchev–Trinajstić information content (AvgIpc) is 3.52. The lowest BCUT2D eigenvalue weighted by Crippen LogP contribution is -2.32. The smallest absolute Gasteiger partial charge is 0.250 e. The van der Waals surface area contributed by atoms with Crippen molar-refractivity contribution in [3.8, 4) is 21.9 Å². The first-order valence-electron chi connectivity index (χ1n) is 11.5. The Labute approximate surface area is 228 Å². The van der Waals surface area contributed by atoms with Crippen molar-refractivity contribution in [3.63, 3.8) is 0 Å². The Hall–Kier alpha value is -3.78. The highest BCUT2D eigenvalue weighted by Crippen LogP contribution is 2.31. The highest BCUT2D eigenvalue weighted by Gasteiger charge is 2.09. The standard InChI is InChI=1S/C29H22ClN3O2S2/c1-17-3-12-24-26(15-17)37-28(32-24)19-6-8-21(9-7-19)31-29(36)33-27(34)14-11-22-10-13-25(35-22)20-5-4-18(2)23(30)16-20/h3-16H,1-2H3,(H2,31,33,34,36)/b14-11+. The summed E-state index contributed by atoms with van der Waals surface area (Å²) in [5, 5.41) is 7.51. The van der Waals surface area contributed by atoms with E-state index in [2.05, 4.69) is 29.7 Å². The molecule has 0 fully saturated rings. The van der Waals surface area contributed by atoms with Gasteiger partial charge in [0.2, 0.25) is 5.91 Å². The number of anilines is 1. The van der Waals surface area contributed by atoms with Gasteiger partial charge in [0.25, 0.3) is 0 Å². The second-order valence-electron chi connectivity index (χ2n) is 8.51. The molecule has 0 atom stereocenters. The first-order chi connectivity index (χ1) is 17.8. The summed E-state index contributed by atoms with van der Waals surface area (Å²) >= 11 is 13.2. The first kappa shape index (κ1) is 24.9. The molecule has 3 aromatic carbocycles. The van der Waals surface area contributed by atoms with E-state index in [1.54, 1.807) is 23.5 Å². The largest absolute Gasteiger partial charge is 0.457 e. The fraction of sp³-hybridized carbons (Fsp3) is 0.0690. The number of amides is 1. The molecule has 2 aromatic heterocycles. The number of thiocarbonyl (C=S) groups is 1. The van der Waals surface area contributed by atoms with Crippen molar-refractivity contribution in [1.29, 1.82) is 0 Å². The van der Waals surface area contributed by atoms with Crippen molar-refractivity contribution in [1.82, 2.24) is 10.3 Å². The Morgan fingerprint density at radius 1 is 1.00 bits per heavy atom. The normalized spacial score (nSPS) is 11.2. The molecule has 5 rings (SSSR count). The minimum atomic E-state index is -0.366. The SMILES string of the molecule is Cc1ccc2nc(-c3ccc(NC(=S)NC(=O)/C=C/c4ccc(-c5ccc(C)c(Cl)c5)o4)cc3)sc2c1. The van der Waals surface area contributed by atoms with Gasteiger partial charge in [-0.2, -0.15) is 0 Å². The molecular formula is C29H22ClN3O2S2. The van der Waals surface area contributed by atoms with Gasteiger partial charge in [0.05, 0.1) is 10.2 Å². The van der Waals surface area contributed by atoms with Crippen molar-refractivity contribution in [2.24, 2.45) is 0 Å². The Kier molecular flexibility index (Phi) is 7.19. The number of aromatic nitrogens is 1. The van der Waals surface area contributed by atoms with E-state index in [1.165, 1.54) is 16.3 Å². The molecule has 0 radical (unpaired) electrons. The second-order valence-corrected chi connectivity index (χ2v) is 10.4. The Morgan fingerprint density at radius 3 is 2.57 bits per heavy atom. The lowest BCUT2D eigenvalue weighted by molar-refractivity contribution is -0.115. The van der Waals surface area contributed by atoms with Gasteiger partial charge in [0, 0.05) is 27.9 Å². The number of rotatable bonds is 5. The van der Waals surface area contributed by atoms with Crippen LogP contribution in [0, 0.1) is 13.8 Å². The molecule has 184 valence electrons. The second kappa shape index (κ2) is 10.7. The third-order valence-electron chi connectivity index (χ3n) is 5.65. The Balaban J connectivity index is 1.17. The van der Waals surface area contributed by atoms with Crippen LogP contribution in [0.15, 0.2) is 83.3 Å². The number of nitrogens with one attached hydrogen (secondary N) is 2. The van der Waals surface area contributed by atoms with Gasteiger partial charge in [-0.15, -0.1) is 11.3 Å². The number of aryl methyl sites for hydroxylation is 2. The van der Waals surface area contributed by atoms with Crippen LogP contribution < -0.4 is 10.6 Å². The number of carbonyl (C=O) groups excluding carboxylic acids is 1. The van der Waals surface area contributed by atoms with Crippen LogP contribution in [0.25, 0.3) is 38.2 Å². The van der Waals surface area contributed by atoms with Crippen LogP contribution in [-0.2, 0) is 4.79 Å². The van der Waals surface area contributed by atoms with Gasteiger partial charge in [-0.05, 0) is 97.9 Å². The Morgan fingerprint density at radius 2 is 1.78 bits per heavy atom. The van der Waals surface area contributed by atoms with E-state index in [4.69, 9.17) is 33.2 Å². The summed E-state index contributed by atoms with van der Waals surface area (Å²) in [6.45, 7) is 4.02. The maximum Gasteiger partial charge on any atom is 0.250 e. The van der Waals surface area contributed by atoms with E-state index in [9.17, 15) is 4.79 Å². The maximum atomic E-state index is 12.3. The molecule has 37 heavy (non-hydrogen) atoms. The molecule has 2 heterocycles. The van der Waals surface area contributed by atoms with Crippen LogP contribution in [0.1, 0.15) is 16.9 Å². The molecule has 0 aliphatic heterocycles. The molecule has 5 aromatic rings. The predicted molar refractivity (Wildman–Crippen MR) is 157 cm³/mol. The molecule has 0 saturated carbocycles. The molecule has 1 amide bonds. The lowest BCUT2D eigenvalue weighted by atomic mass is 10.1. The topological polar surface area (TPSA) is 67.2 Å². The number of hydrogen-bond acceptors (Lipinski definition) is 5. The molecule has 0 aliphatic carbocycles. The van der Waals surface area contributed by atoms with E-state index in [0.29, 0.717) is 16.5 Å². The third kappa shape index (κ3) is 5.97. The fourth-order valence-electron chi connectivity index (χ4n) is 3.67. The molecule has 0 spiro atoms. The minimum absolute atomic E-state index is 0.201. The van der Waals surface area contributed by atoms with E-state index in [0.717, 1.165) is 32.9 Å². The van der Waals surface area contributed by atoms with E-state index in [1.807, 2.05) is 61.5 Å². The molecule has 5 nitrogen and oxygen atoms in total. The lowest BCUT2D eigenvalue weighted by Gasteiger charge is -2.08. The molecule has 0 bridgehead atoms. The molecule has 2 N–H and O–H groups in total. The predicted octanol–water partition coefficient (Wildman–Crippen LogP) is 8.02. The summed E-state index contributed by atoms with van der Waals surface area (Å²) in [6.07, 6.45) is 2.96. The molecule has 0 aliphatic rings. The number of carbonyl (C=O) groups is 1. The molecule has 0 saturated heterocycles. The van der Waals surface area contributed by atoms with Crippen LogP contribution in [0.2, 0.25) is 5.02 Å². The van der Waals surface area contributed by atoms with Crippen molar-refractivity contribution < 1.29 is 9.21 Å². The fourth-order valence-corrected chi connectivity index (χ4v) is 5.14. The Bertz CT molecular complexity index is 1650. The summed E-state index contributed by atoms with van der Waals surface area (Å²) in [5.41, 5.74) is 5.87. The van der Waals surface area contributed by atoms with Gasteiger partial charge in [0.1, 0.15) is 16.5 Å². The van der Waals surface area contributed by atoms with Crippen LogP contribution in [0.4, 0.5) is 5.69 Å². The zero-order valence-electron chi connectivity index (χ0n) is 20.0. The number of furan rings is 1. The van der Waals surface area contributed by atoms with Crippen molar-refractivity contribution in [2.45, 2.75) is 13.8 Å². The molecule has 0 unspecified atom stereocenters. The summed E-state index contributed by atoms with van der Waals surface area (Å²) < 4.78 is 6.98. The van der Waals surface area contributed by atoms with Crippen LogP contribution in [-0.4, -0.2) is 16.0 Å². The van der Waals surface area contributed by atoms with Gasteiger partial charge in [-0.1, -0.05) is 29.8 Å². The van der Waals surface area contributed by atoms with Crippen molar-refractivity contribution in [2.75, 3.05) is 5.32 Å². The first-order valence-corrected chi connectivity index (χ1v) is 13.1. The zero-order chi connectivity index (χ0) is 25.9. The summed E-state index contributed by atoms with van der Waals surface area (Å²) in [7, 11) is 0. The monoisotopic (exact) mass is 543 g/mol. The van der Waals surface area contributed by atoms with Gasteiger partial charge in [-0.25, -0.2) is 4.98 Å². The van der Waals surface area contributed by atoms with Gasteiger partial charge in [-0.3, -0.25) is 10.1 Å². The number of hydrogen-bond donors (Lipinski definition) is 2. The number of benzene rings is 3. The van der Waals surface area contributed by atoms with Crippen LogP contribution in [0.3, 0.4) is 0 Å². The van der Waals surface area contributed by atoms with Crippen LogP contribution in [0.5, 0.6) is 0 Å². The van der Waals surface area contributed by atoms with Crippen molar-refractivity contribution in [3.05, 3.63) is 101 Å². The number of nitrogens with zero attached hydrogens (tertiary/aromatic N) is 1. The zero-order valence-corrected chi connectivity index (χ0v) is 22.4. The van der Waals surface area contributed by atoms with E-state index < -0.39 is 0 Å². The highest BCUT2D eigenvalue weighted by molar-refractivity contribution is 7.80. The number of fused-ring (bicyclic) bond motifs is 1. The van der Waals surface area contributed by atoms with Gasteiger partial charge in [0.15, 0.2) is 5.11 Å². The molecule has 8 heteroatoms. The number of thiazole rings is 1. The molecular weight excluding hydrogens is 522 g/mol. The van der Waals surface area contributed by atoms with Gasteiger partial charge < -0.3 is 9.73 Å². The minimum Gasteiger partial charge on any atom is -0.457 e. The van der Waals surface area contributed by atoms with E-state index >= 15 is 0 Å². The van der Waals surface area contributed by atoms with Gasteiger partial charge >= 0.3 is 0 Å². The summed E-state index contributed by atoms with van der Waals surface area (Å²) in [5.74, 6) is 0.847. The average molecular weight is 544 g/mol.